The van der Waals surface area contributed by atoms with Gasteiger partial charge in [-0.25, -0.2) is 9.59 Å². The van der Waals surface area contributed by atoms with Gasteiger partial charge in [0.1, 0.15) is 23.6 Å². The minimum Gasteiger partial charge on any atom is -0.488 e. The third kappa shape index (κ3) is 6.37. The molecule has 0 radical (unpaired) electrons. The van der Waals surface area contributed by atoms with Gasteiger partial charge >= 0.3 is 12.1 Å². The molecule has 1 amide bonds. The average molecular weight is 552 g/mol. The van der Waals surface area contributed by atoms with Gasteiger partial charge in [0.2, 0.25) is 0 Å². The second-order valence-corrected chi connectivity index (χ2v) is 11.6. The molecular formula is C35H37NO5. The average Bonchev–Trinajstić information content (AvgIpc) is 2.94. The Bertz CT molecular complexity index is 1550. The van der Waals surface area contributed by atoms with E-state index in [2.05, 4.69) is 18.2 Å². The SMILES string of the molecule is Cc1ccccc1C(=O)OC1C[C@H](CN(C(=O)OC(C)(C)C)[C@H](C)c2cccc3ccccc23)Oc2ccccc21. The van der Waals surface area contributed by atoms with Gasteiger partial charge in [0, 0.05) is 12.0 Å². The lowest BCUT2D eigenvalue weighted by Crippen LogP contribution is -2.45. The number of esters is 1. The molecule has 6 heteroatoms. The standard InChI is InChI=1S/C35H37NO5/c1-23-13-6-8-16-27(23)33(37)40-32-21-26(39-31-20-11-10-18-30(31)32)22-36(34(38)41-35(3,4)5)24(2)28-19-12-15-25-14-7-9-17-29(25)28/h6-20,24,26,32H,21-22H2,1-5H3/t24-,26-,32?/m1/s1. The van der Waals surface area contributed by atoms with E-state index in [-0.39, 0.29) is 18.6 Å². The molecule has 41 heavy (non-hydrogen) atoms. The molecule has 6 nitrogen and oxygen atoms in total. The second-order valence-electron chi connectivity index (χ2n) is 11.6. The number of rotatable bonds is 6. The van der Waals surface area contributed by atoms with Gasteiger partial charge in [-0.05, 0) is 68.7 Å². The predicted octanol–water partition coefficient (Wildman–Crippen LogP) is 8.20. The zero-order valence-corrected chi connectivity index (χ0v) is 24.3. The molecule has 0 N–H and O–H groups in total. The number of ether oxygens (including phenoxy) is 3. The molecule has 4 aromatic rings. The van der Waals surface area contributed by atoms with Crippen molar-refractivity contribution >= 4 is 22.8 Å². The third-order valence-corrected chi connectivity index (χ3v) is 7.42. The molecule has 1 aliphatic heterocycles. The minimum atomic E-state index is -0.667. The highest BCUT2D eigenvalue weighted by molar-refractivity contribution is 5.91. The van der Waals surface area contributed by atoms with Gasteiger partial charge in [0.05, 0.1) is 18.2 Å². The maximum absolute atomic E-state index is 13.7. The molecule has 1 aliphatic rings. The van der Waals surface area contributed by atoms with Crippen LogP contribution >= 0.6 is 0 Å². The Balaban J connectivity index is 1.45. The van der Waals surface area contributed by atoms with Crippen molar-refractivity contribution in [3.8, 4) is 5.75 Å². The Hall–Kier alpha value is -4.32. The van der Waals surface area contributed by atoms with E-state index in [1.165, 1.54) is 0 Å². The van der Waals surface area contributed by atoms with Crippen LogP contribution in [0.3, 0.4) is 0 Å². The van der Waals surface area contributed by atoms with Gasteiger partial charge in [0.25, 0.3) is 0 Å². The molecule has 5 rings (SSSR count). The van der Waals surface area contributed by atoms with Crippen LogP contribution in [0.15, 0.2) is 91.0 Å². The van der Waals surface area contributed by atoms with E-state index in [0.717, 1.165) is 27.5 Å². The summed E-state index contributed by atoms with van der Waals surface area (Å²) in [4.78, 5) is 28.6. The van der Waals surface area contributed by atoms with Crippen molar-refractivity contribution in [1.29, 1.82) is 0 Å². The summed E-state index contributed by atoms with van der Waals surface area (Å²) < 4.78 is 18.4. The fraction of sp³-hybridized carbons (Fsp3) is 0.314. The summed E-state index contributed by atoms with van der Waals surface area (Å²) in [5.74, 6) is 0.268. The van der Waals surface area contributed by atoms with Gasteiger partial charge in [-0.2, -0.15) is 0 Å². The highest BCUT2D eigenvalue weighted by atomic mass is 16.6. The molecule has 0 saturated carbocycles. The van der Waals surface area contributed by atoms with E-state index < -0.39 is 23.9 Å². The van der Waals surface area contributed by atoms with Gasteiger partial charge in [-0.3, -0.25) is 4.90 Å². The summed E-state index contributed by atoms with van der Waals surface area (Å²) in [6.07, 6.45) is -0.973. The van der Waals surface area contributed by atoms with Crippen LogP contribution in [0.25, 0.3) is 10.8 Å². The molecular weight excluding hydrogens is 514 g/mol. The number of aryl methyl sites for hydroxylation is 1. The molecule has 0 spiro atoms. The highest BCUT2D eigenvalue weighted by Gasteiger charge is 2.36. The monoisotopic (exact) mass is 551 g/mol. The van der Waals surface area contributed by atoms with Crippen LogP contribution in [0.4, 0.5) is 4.79 Å². The smallest absolute Gasteiger partial charge is 0.410 e. The molecule has 0 aliphatic carbocycles. The predicted molar refractivity (Wildman–Crippen MR) is 160 cm³/mol. The number of carbonyl (C=O) groups is 2. The first-order chi connectivity index (χ1) is 19.6. The van der Waals surface area contributed by atoms with E-state index in [9.17, 15) is 9.59 Å². The number of hydrogen-bond acceptors (Lipinski definition) is 5. The van der Waals surface area contributed by atoms with Gasteiger partial charge in [-0.1, -0.05) is 78.9 Å². The summed E-state index contributed by atoms with van der Waals surface area (Å²) >= 11 is 0. The molecule has 0 fully saturated rings. The largest absolute Gasteiger partial charge is 0.488 e. The lowest BCUT2D eigenvalue weighted by Gasteiger charge is -2.38. The van der Waals surface area contributed by atoms with Crippen molar-refractivity contribution in [2.24, 2.45) is 0 Å². The number of amides is 1. The number of fused-ring (bicyclic) bond motifs is 2. The summed E-state index contributed by atoms with van der Waals surface area (Å²) in [7, 11) is 0. The summed E-state index contributed by atoms with van der Waals surface area (Å²) in [6.45, 7) is 9.75. The van der Waals surface area contributed by atoms with Crippen molar-refractivity contribution in [2.45, 2.75) is 64.9 Å². The Morgan fingerprint density at radius 3 is 2.39 bits per heavy atom. The first-order valence-electron chi connectivity index (χ1n) is 14.1. The quantitative estimate of drug-likeness (QED) is 0.226. The van der Waals surface area contributed by atoms with Crippen molar-refractivity contribution in [3.63, 3.8) is 0 Å². The fourth-order valence-corrected chi connectivity index (χ4v) is 5.38. The Morgan fingerprint density at radius 2 is 1.61 bits per heavy atom. The van der Waals surface area contributed by atoms with Gasteiger partial charge in [-0.15, -0.1) is 0 Å². The van der Waals surface area contributed by atoms with Crippen molar-refractivity contribution in [3.05, 3.63) is 113 Å². The lowest BCUT2D eigenvalue weighted by atomic mass is 9.96. The number of benzene rings is 4. The molecule has 3 atom stereocenters. The summed E-state index contributed by atoms with van der Waals surface area (Å²) in [6, 6.07) is 29.0. The zero-order chi connectivity index (χ0) is 29.1. The Morgan fingerprint density at radius 1 is 0.927 bits per heavy atom. The number of carbonyl (C=O) groups excluding carboxylic acids is 2. The van der Waals surface area contributed by atoms with Crippen LogP contribution in [0.5, 0.6) is 5.75 Å². The molecule has 1 heterocycles. The van der Waals surface area contributed by atoms with Crippen molar-refractivity contribution in [1.82, 2.24) is 4.90 Å². The molecule has 212 valence electrons. The van der Waals surface area contributed by atoms with Crippen LogP contribution in [0.1, 0.15) is 73.3 Å². The van der Waals surface area contributed by atoms with Crippen LogP contribution < -0.4 is 4.74 Å². The maximum atomic E-state index is 13.7. The number of nitrogens with zero attached hydrogens (tertiary/aromatic N) is 1. The highest BCUT2D eigenvalue weighted by Crippen LogP contribution is 2.39. The molecule has 0 aromatic heterocycles. The van der Waals surface area contributed by atoms with Crippen molar-refractivity contribution < 1.29 is 23.8 Å². The topological polar surface area (TPSA) is 65.1 Å². The van der Waals surface area contributed by atoms with Crippen LogP contribution in [-0.2, 0) is 9.47 Å². The number of para-hydroxylation sites is 1. The van der Waals surface area contributed by atoms with E-state index in [1.54, 1.807) is 11.0 Å². The Kier molecular flexibility index (Phi) is 8.02. The van der Waals surface area contributed by atoms with E-state index in [0.29, 0.717) is 17.7 Å². The van der Waals surface area contributed by atoms with Gasteiger partial charge < -0.3 is 14.2 Å². The molecule has 0 bridgehead atoms. The molecule has 4 aromatic carbocycles. The van der Waals surface area contributed by atoms with E-state index in [4.69, 9.17) is 14.2 Å². The minimum absolute atomic E-state index is 0.256. The van der Waals surface area contributed by atoms with Crippen LogP contribution in [-0.4, -0.2) is 35.2 Å². The third-order valence-electron chi connectivity index (χ3n) is 7.42. The normalized spacial score (nSPS) is 17.2. The molecule has 0 saturated heterocycles. The Labute approximate surface area is 241 Å². The zero-order valence-electron chi connectivity index (χ0n) is 24.3. The second kappa shape index (κ2) is 11.7. The molecule has 1 unspecified atom stereocenters. The summed E-state index contributed by atoms with van der Waals surface area (Å²) in [5, 5.41) is 2.18. The van der Waals surface area contributed by atoms with Crippen molar-refractivity contribution in [2.75, 3.05) is 6.54 Å². The van der Waals surface area contributed by atoms with E-state index in [1.807, 2.05) is 101 Å². The fourth-order valence-electron chi connectivity index (χ4n) is 5.38. The van der Waals surface area contributed by atoms with Crippen LogP contribution in [0.2, 0.25) is 0 Å². The lowest BCUT2D eigenvalue weighted by molar-refractivity contribution is -0.0134. The maximum Gasteiger partial charge on any atom is 0.410 e. The first kappa shape index (κ1) is 28.2. The summed E-state index contributed by atoms with van der Waals surface area (Å²) in [5.41, 5.74) is 2.56. The number of hydrogen-bond donors (Lipinski definition) is 0. The van der Waals surface area contributed by atoms with E-state index >= 15 is 0 Å². The van der Waals surface area contributed by atoms with Crippen LogP contribution in [0, 0.1) is 6.92 Å². The van der Waals surface area contributed by atoms with Gasteiger partial charge in [0.15, 0.2) is 0 Å². The first-order valence-corrected chi connectivity index (χ1v) is 14.1.